The molecule has 2 fully saturated rings. The first-order valence-electron chi connectivity index (χ1n) is 7.66. The summed E-state index contributed by atoms with van der Waals surface area (Å²) in [6, 6.07) is 5.54. The summed E-state index contributed by atoms with van der Waals surface area (Å²) < 4.78 is 13.8. The van der Waals surface area contributed by atoms with Gasteiger partial charge in [0.05, 0.1) is 5.02 Å². The van der Waals surface area contributed by atoms with Gasteiger partial charge in [-0.1, -0.05) is 36.6 Å². The number of nitrogens with zero attached hydrogens (tertiary/aromatic N) is 1. The molecule has 1 saturated heterocycles. The molecule has 1 aliphatic carbocycles. The summed E-state index contributed by atoms with van der Waals surface area (Å²) in [6.45, 7) is 4.06. The van der Waals surface area contributed by atoms with E-state index in [9.17, 15) is 4.39 Å². The van der Waals surface area contributed by atoms with Gasteiger partial charge in [0.2, 0.25) is 0 Å². The van der Waals surface area contributed by atoms with E-state index in [1.165, 1.54) is 31.7 Å². The van der Waals surface area contributed by atoms with Gasteiger partial charge in [0.1, 0.15) is 5.82 Å². The average Bonchev–Trinajstić information content (AvgIpc) is 2.99. The third kappa shape index (κ3) is 2.85. The van der Waals surface area contributed by atoms with Crippen molar-refractivity contribution in [1.29, 1.82) is 0 Å². The first kappa shape index (κ1) is 14.3. The van der Waals surface area contributed by atoms with Crippen LogP contribution >= 0.6 is 11.6 Å². The highest BCUT2D eigenvalue weighted by atomic mass is 35.5. The largest absolute Gasteiger partial charge is 0.314 e. The Balaban J connectivity index is 1.93. The molecular weight excluding hydrogens is 275 g/mol. The molecule has 0 unspecified atom stereocenters. The molecule has 0 bridgehead atoms. The molecule has 1 N–H and O–H groups in total. The molecule has 1 aromatic rings. The maximum atomic E-state index is 13.8. The van der Waals surface area contributed by atoms with Crippen LogP contribution < -0.4 is 5.32 Å². The highest BCUT2D eigenvalue weighted by Crippen LogP contribution is 2.42. The Morgan fingerprint density at radius 1 is 1.20 bits per heavy atom. The van der Waals surface area contributed by atoms with E-state index in [0.717, 1.165) is 31.7 Å². The van der Waals surface area contributed by atoms with Crippen molar-refractivity contribution < 1.29 is 4.39 Å². The summed E-state index contributed by atoms with van der Waals surface area (Å²) in [5, 5.41) is 3.71. The average molecular weight is 297 g/mol. The predicted molar refractivity (Wildman–Crippen MR) is 80.6 cm³/mol. The minimum Gasteiger partial charge on any atom is -0.314 e. The molecule has 20 heavy (non-hydrogen) atoms. The van der Waals surface area contributed by atoms with E-state index in [-0.39, 0.29) is 11.9 Å². The molecule has 2 aliphatic rings. The molecule has 1 aromatic carbocycles. The Labute approximate surface area is 125 Å². The maximum absolute atomic E-state index is 13.8. The van der Waals surface area contributed by atoms with E-state index in [2.05, 4.69) is 10.2 Å². The van der Waals surface area contributed by atoms with Gasteiger partial charge in [-0.25, -0.2) is 4.39 Å². The Morgan fingerprint density at radius 2 is 1.90 bits per heavy atom. The van der Waals surface area contributed by atoms with Crippen LogP contribution in [0.3, 0.4) is 0 Å². The van der Waals surface area contributed by atoms with Gasteiger partial charge in [0.15, 0.2) is 0 Å². The minimum absolute atomic E-state index is 0.280. The van der Waals surface area contributed by atoms with Gasteiger partial charge in [0, 0.05) is 32.2 Å². The van der Waals surface area contributed by atoms with Crippen LogP contribution in [0.5, 0.6) is 0 Å². The smallest absolute Gasteiger partial charge is 0.142 e. The lowest BCUT2D eigenvalue weighted by Gasteiger charge is -2.39. The van der Waals surface area contributed by atoms with E-state index >= 15 is 0 Å². The highest BCUT2D eigenvalue weighted by Gasteiger charge is 2.33. The first-order chi connectivity index (χ1) is 9.77. The van der Waals surface area contributed by atoms with E-state index in [4.69, 9.17) is 11.6 Å². The molecule has 0 aromatic heterocycles. The van der Waals surface area contributed by atoms with Gasteiger partial charge in [-0.15, -0.1) is 0 Å². The zero-order valence-corrected chi connectivity index (χ0v) is 12.5. The summed E-state index contributed by atoms with van der Waals surface area (Å²) >= 11 is 6.27. The Morgan fingerprint density at radius 3 is 2.60 bits per heavy atom. The summed E-state index contributed by atoms with van der Waals surface area (Å²) in [5.41, 5.74) is 0.987. The van der Waals surface area contributed by atoms with Crippen LogP contribution in [0, 0.1) is 11.7 Å². The second kappa shape index (κ2) is 6.42. The number of nitrogens with one attached hydrogen (secondary N) is 1. The second-order valence-electron chi connectivity index (χ2n) is 5.92. The molecular formula is C16H22ClFN2. The van der Waals surface area contributed by atoms with Crippen LogP contribution in [-0.2, 0) is 0 Å². The summed E-state index contributed by atoms with van der Waals surface area (Å²) in [5.74, 6) is 0.328. The minimum atomic E-state index is -0.290. The van der Waals surface area contributed by atoms with Crippen LogP contribution in [0.2, 0.25) is 5.02 Å². The number of rotatable bonds is 3. The quantitative estimate of drug-likeness (QED) is 0.916. The van der Waals surface area contributed by atoms with Crippen LogP contribution in [0.25, 0.3) is 0 Å². The van der Waals surface area contributed by atoms with Crippen molar-refractivity contribution in [2.75, 3.05) is 26.2 Å². The number of benzene rings is 1. The fourth-order valence-corrected chi connectivity index (χ4v) is 3.97. The van der Waals surface area contributed by atoms with Crippen LogP contribution in [0.1, 0.15) is 37.3 Å². The van der Waals surface area contributed by atoms with Gasteiger partial charge in [-0.05, 0) is 30.4 Å². The highest BCUT2D eigenvalue weighted by molar-refractivity contribution is 6.31. The first-order valence-corrected chi connectivity index (χ1v) is 8.04. The molecule has 0 radical (unpaired) electrons. The Bertz CT molecular complexity index is 454. The topological polar surface area (TPSA) is 15.3 Å². The molecule has 1 heterocycles. The van der Waals surface area contributed by atoms with Crippen molar-refractivity contribution in [3.63, 3.8) is 0 Å². The molecule has 110 valence electrons. The van der Waals surface area contributed by atoms with Crippen molar-refractivity contribution in [2.24, 2.45) is 5.92 Å². The fourth-order valence-electron chi connectivity index (χ4n) is 3.73. The summed E-state index contributed by atoms with van der Waals surface area (Å²) in [4.78, 5) is 2.49. The predicted octanol–water partition coefficient (Wildman–Crippen LogP) is 3.62. The fraction of sp³-hybridized carbons (Fsp3) is 0.625. The van der Waals surface area contributed by atoms with E-state index in [0.29, 0.717) is 10.9 Å². The normalized spacial score (nSPS) is 23.1. The van der Waals surface area contributed by atoms with E-state index in [1.54, 1.807) is 6.07 Å². The van der Waals surface area contributed by atoms with Gasteiger partial charge < -0.3 is 5.32 Å². The van der Waals surface area contributed by atoms with Gasteiger partial charge in [0.25, 0.3) is 0 Å². The number of piperazine rings is 1. The summed E-state index contributed by atoms with van der Waals surface area (Å²) in [7, 11) is 0. The van der Waals surface area contributed by atoms with Crippen LogP contribution in [0.4, 0.5) is 4.39 Å². The van der Waals surface area contributed by atoms with Crippen LogP contribution in [-0.4, -0.2) is 31.1 Å². The molecule has 0 amide bonds. The Kier molecular flexibility index (Phi) is 4.59. The molecule has 3 rings (SSSR count). The molecule has 1 saturated carbocycles. The lowest BCUT2D eigenvalue weighted by atomic mass is 9.89. The number of halogens is 2. The van der Waals surface area contributed by atoms with E-state index < -0.39 is 0 Å². The van der Waals surface area contributed by atoms with E-state index in [1.807, 2.05) is 6.07 Å². The molecule has 0 spiro atoms. The second-order valence-corrected chi connectivity index (χ2v) is 6.30. The van der Waals surface area contributed by atoms with Crippen molar-refractivity contribution >= 4 is 11.6 Å². The van der Waals surface area contributed by atoms with Crippen molar-refractivity contribution in [3.8, 4) is 0 Å². The van der Waals surface area contributed by atoms with Gasteiger partial charge in [-0.3, -0.25) is 4.90 Å². The zero-order chi connectivity index (χ0) is 13.9. The molecule has 2 nitrogen and oxygen atoms in total. The molecule has 4 heteroatoms. The third-order valence-electron chi connectivity index (χ3n) is 4.69. The van der Waals surface area contributed by atoms with Crippen LogP contribution in [0.15, 0.2) is 18.2 Å². The number of hydrogen-bond donors (Lipinski definition) is 1. The number of hydrogen-bond acceptors (Lipinski definition) is 2. The molecule has 1 aliphatic heterocycles. The SMILES string of the molecule is Fc1cccc([C@H](C2CCCC2)N2CCNCC2)c1Cl. The standard InChI is InChI=1S/C16H22ClFN2/c17-15-13(6-3-7-14(15)18)16(12-4-1-2-5-12)20-10-8-19-9-11-20/h3,6-7,12,16,19H,1-2,4-5,8-11H2/t16-/m0/s1. The Hall–Kier alpha value is -0.640. The summed E-state index contributed by atoms with van der Waals surface area (Å²) in [6.07, 6.45) is 5.06. The lowest BCUT2D eigenvalue weighted by molar-refractivity contribution is 0.125. The molecule has 1 atom stereocenters. The zero-order valence-electron chi connectivity index (χ0n) is 11.7. The lowest BCUT2D eigenvalue weighted by Crippen LogP contribution is -2.46. The van der Waals surface area contributed by atoms with Crippen molar-refractivity contribution in [2.45, 2.75) is 31.7 Å². The van der Waals surface area contributed by atoms with Crippen molar-refractivity contribution in [3.05, 3.63) is 34.6 Å². The monoisotopic (exact) mass is 296 g/mol. The van der Waals surface area contributed by atoms with Gasteiger partial charge in [-0.2, -0.15) is 0 Å². The third-order valence-corrected chi connectivity index (χ3v) is 5.09. The van der Waals surface area contributed by atoms with Crippen molar-refractivity contribution in [1.82, 2.24) is 10.2 Å². The van der Waals surface area contributed by atoms with Gasteiger partial charge >= 0.3 is 0 Å². The maximum Gasteiger partial charge on any atom is 0.142 e.